The largest absolute Gasteiger partial charge is 0.356 e. The molecule has 1 heterocycles. The van der Waals surface area contributed by atoms with Crippen LogP contribution in [0.15, 0.2) is 35.3 Å². The van der Waals surface area contributed by atoms with Gasteiger partial charge in [0.05, 0.1) is 11.5 Å². The third-order valence-corrected chi connectivity index (χ3v) is 5.87. The first-order valence-electron chi connectivity index (χ1n) is 8.38. The quantitative estimate of drug-likeness (QED) is 0.433. The van der Waals surface area contributed by atoms with Crippen molar-refractivity contribution in [3.05, 3.63) is 35.9 Å². The van der Waals surface area contributed by atoms with Crippen molar-refractivity contribution in [1.29, 1.82) is 0 Å². The summed E-state index contributed by atoms with van der Waals surface area (Å²) in [6, 6.07) is 10.4. The number of benzene rings is 1. The topological polar surface area (TPSA) is 73.8 Å². The van der Waals surface area contributed by atoms with Crippen molar-refractivity contribution in [3.63, 3.8) is 0 Å². The van der Waals surface area contributed by atoms with Gasteiger partial charge in [-0.3, -0.25) is 4.99 Å². The van der Waals surface area contributed by atoms with Gasteiger partial charge in [-0.05, 0) is 32.0 Å². The van der Waals surface area contributed by atoms with E-state index in [4.69, 9.17) is 0 Å². The molecule has 1 unspecified atom stereocenters. The Morgan fingerprint density at radius 2 is 2.08 bits per heavy atom. The van der Waals surface area contributed by atoms with Crippen LogP contribution in [0.2, 0.25) is 0 Å². The predicted octanol–water partition coefficient (Wildman–Crippen LogP) is 0.861. The predicted molar refractivity (Wildman–Crippen MR) is 98.9 cm³/mol. The first kappa shape index (κ1) is 18.7. The van der Waals surface area contributed by atoms with E-state index in [1.165, 1.54) is 5.56 Å². The van der Waals surface area contributed by atoms with E-state index in [0.717, 1.165) is 26.1 Å². The lowest BCUT2D eigenvalue weighted by atomic mass is 10.2. The summed E-state index contributed by atoms with van der Waals surface area (Å²) in [5, 5.41) is 6.46. The summed E-state index contributed by atoms with van der Waals surface area (Å²) >= 11 is 0. The average Bonchev–Trinajstić information content (AvgIpc) is 2.90. The van der Waals surface area contributed by atoms with E-state index in [1.54, 1.807) is 7.05 Å². The first-order valence-corrected chi connectivity index (χ1v) is 10.2. The van der Waals surface area contributed by atoms with E-state index >= 15 is 0 Å². The highest BCUT2D eigenvalue weighted by molar-refractivity contribution is 7.91. The fraction of sp³-hybridized carbons (Fsp3) is 0.588. The van der Waals surface area contributed by atoms with E-state index < -0.39 is 9.84 Å². The molecule has 1 atom stereocenters. The van der Waals surface area contributed by atoms with E-state index in [0.29, 0.717) is 12.4 Å². The molecule has 1 aromatic rings. The van der Waals surface area contributed by atoms with Gasteiger partial charge in [0.2, 0.25) is 0 Å². The summed E-state index contributed by atoms with van der Waals surface area (Å²) < 4.78 is 23.0. The van der Waals surface area contributed by atoms with Crippen LogP contribution in [0.5, 0.6) is 0 Å². The summed E-state index contributed by atoms with van der Waals surface area (Å²) in [6.45, 7) is 2.72. The van der Waals surface area contributed by atoms with Crippen molar-refractivity contribution < 1.29 is 8.42 Å². The minimum absolute atomic E-state index is 0.0260. The third-order valence-electron chi connectivity index (χ3n) is 4.10. The zero-order valence-corrected chi connectivity index (χ0v) is 15.3. The van der Waals surface area contributed by atoms with Crippen molar-refractivity contribution >= 4 is 15.8 Å². The van der Waals surface area contributed by atoms with E-state index in [2.05, 4.69) is 51.8 Å². The van der Waals surface area contributed by atoms with Crippen LogP contribution in [-0.4, -0.2) is 64.0 Å². The Bertz CT molecular complexity index is 631. The molecule has 6 nitrogen and oxygen atoms in total. The van der Waals surface area contributed by atoms with Crippen LogP contribution >= 0.6 is 0 Å². The fourth-order valence-electron chi connectivity index (χ4n) is 2.83. The van der Waals surface area contributed by atoms with Crippen LogP contribution in [0, 0.1) is 0 Å². The number of guanidine groups is 1. The molecule has 1 aromatic carbocycles. The molecule has 2 N–H and O–H groups in total. The highest BCUT2D eigenvalue weighted by Gasteiger charge is 2.28. The zero-order chi connectivity index (χ0) is 17.4. The lowest BCUT2D eigenvalue weighted by molar-refractivity contribution is 0.322. The molecule has 1 aliphatic heterocycles. The minimum Gasteiger partial charge on any atom is -0.356 e. The number of nitrogens with zero attached hydrogens (tertiary/aromatic N) is 2. The maximum absolute atomic E-state index is 11.5. The smallest absolute Gasteiger partial charge is 0.191 e. The highest BCUT2D eigenvalue weighted by atomic mass is 32.2. The maximum Gasteiger partial charge on any atom is 0.191 e. The van der Waals surface area contributed by atoms with Crippen LogP contribution < -0.4 is 10.6 Å². The highest BCUT2D eigenvalue weighted by Crippen LogP contribution is 2.10. The molecule has 0 aromatic heterocycles. The zero-order valence-electron chi connectivity index (χ0n) is 14.5. The number of hydrogen-bond donors (Lipinski definition) is 2. The van der Waals surface area contributed by atoms with Gasteiger partial charge in [-0.25, -0.2) is 8.42 Å². The molecule has 134 valence electrons. The Morgan fingerprint density at radius 1 is 1.33 bits per heavy atom. The summed E-state index contributed by atoms with van der Waals surface area (Å²) in [5.41, 5.74) is 1.31. The molecule has 0 amide bonds. The van der Waals surface area contributed by atoms with Gasteiger partial charge >= 0.3 is 0 Å². The normalized spacial score (nSPS) is 20.3. The van der Waals surface area contributed by atoms with Gasteiger partial charge in [-0.2, -0.15) is 0 Å². The van der Waals surface area contributed by atoms with Crippen molar-refractivity contribution in [2.45, 2.75) is 25.4 Å². The molecule has 0 aliphatic carbocycles. The number of nitrogens with one attached hydrogen (secondary N) is 2. The Kier molecular flexibility index (Phi) is 7.05. The second-order valence-electron chi connectivity index (χ2n) is 6.32. The van der Waals surface area contributed by atoms with Crippen molar-refractivity contribution in [2.75, 3.05) is 38.7 Å². The second kappa shape index (κ2) is 9.03. The number of hydrogen-bond acceptors (Lipinski definition) is 4. The summed E-state index contributed by atoms with van der Waals surface area (Å²) in [7, 11) is 0.956. The van der Waals surface area contributed by atoms with E-state index in [-0.39, 0.29) is 17.5 Å². The minimum atomic E-state index is -2.87. The van der Waals surface area contributed by atoms with Crippen molar-refractivity contribution in [3.8, 4) is 0 Å². The van der Waals surface area contributed by atoms with E-state index in [9.17, 15) is 8.42 Å². The van der Waals surface area contributed by atoms with Crippen LogP contribution in [0.3, 0.4) is 0 Å². The standard InChI is InChI=1S/C17H28N4O2S/c1-18-17(20-16-9-12-24(22,23)14-16)19-10-6-11-21(2)13-15-7-4-3-5-8-15/h3-5,7-8,16H,6,9-14H2,1-2H3,(H2,18,19,20). The Balaban J connectivity index is 1.63. The molecule has 0 spiro atoms. The van der Waals surface area contributed by atoms with Crippen molar-refractivity contribution in [1.82, 2.24) is 15.5 Å². The Hall–Kier alpha value is -1.60. The number of rotatable bonds is 7. The molecule has 1 aliphatic rings. The molecule has 1 fully saturated rings. The van der Waals surface area contributed by atoms with Gasteiger partial charge in [-0.1, -0.05) is 30.3 Å². The second-order valence-corrected chi connectivity index (χ2v) is 8.55. The van der Waals surface area contributed by atoms with Crippen LogP contribution in [-0.2, 0) is 16.4 Å². The molecule has 24 heavy (non-hydrogen) atoms. The van der Waals surface area contributed by atoms with Gasteiger partial charge in [0.1, 0.15) is 0 Å². The van der Waals surface area contributed by atoms with E-state index in [1.807, 2.05) is 6.07 Å². The third kappa shape index (κ3) is 6.49. The summed E-state index contributed by atoms with van der Waals surface area (Å²) in [4.78, 5) is 6.46. The molecule has 0 saturated carbocycles. The summed E-state index contributed by atoms with van der Waals surface area (Å²) in [6.07, 6.45) is 1.65. The lowest BCUT2D eigenvalue weighted by Gasteiger charge is -2.19. The van der Waals surface area contributed by atoms with Gasteiger partial charge in [0.25, 0.3) is 0 Å². The van der Waals surface area contributed by atoms with Crippen LogP contribution in [0.4, 0.5) is 0 Å². The molecule has 0 bridgehead atoms. The monoisotopic (exact) mass is 352 g/mol. The van der Waals surface area contributed by atoms with Crippen LogP contribution in [0.25, 0.3) is 0 Å². The molecule has 7 heteroatoms. The molecule has 1 saturated heterocycles. The van der Waals surface area contributed by atoms with Gasteiger partial charge in [0, 0.05) is 26.2 Å². The van der Waals surface area contributed by atoms with Crippen LogP contribution in [0.1, 0.15) is 18.4 Å². The molecule has 0 radical (unpaired) electrons. The first-order chi connectivity index (χ1) is 11.5. The number of sulfone groups is 1. The molecular weight excluding hydrogens is 324 g/mol. The van der Waals surface area contributed by atoms with Gasteiger partial charge < -0.3 is 15.5 Å². The summed E-state index contributed by atoms with van der Waals surface area (Å²) in [5.74, 6) is 1.15. The van der Waals surface area contributed by atoms with Gasteiger partial charge in [0.15, 0.2) is 15.8 Å². The lowest BCUT2D eigenvalue weighted by Crippen LogP contribution is -2.44. The SMILES string of the molecule is CN=C(NCCCN(C)Cc1ccccc1)NC1CCS(=O)(=O)C1. The fourth-order valence-corrected chi connectivity index (χ4v) is 4.50. The molecule has 2 rings (SSSR count). The Labute approximate surface area is 145 Å². The average molecular weight is 353 g/mol. The Morgan fingerprint density at radius 3 is 2.71 bits per heavy atom. The van der Waals surface area contributed by atoms with Gasteiger partial charge in [-0.15, -0.1) is 0 Å². The molecular formula is C17H28N4O2S. The number of aliphatic imine (C=N–C) groups is 1. The van der Waals surface area contributed by atoms with Crippen molar-refractivity contribution in [2.24, 2.45) is 4.99 Å². The maximum atomic E-state index is 11.5.